The summed E-state index contributed by atoms with van der Waals surface area (Å²) in [5, 5.41) is 23.7. The Hall–Kier alpha value is -14.7. The molecular formula is C96H92BrCl3N20O8. The Morgan fingerprint density at radius 1 is 0.289 bits per heavy atom. The highest BCUT2D eigenvalue weighted by Crippen LogP contribution is 2.28. The van der Waals surface area contributed by atoms with Gasteiger partial charge in [0.15, 0.2) is 0 Å². The molecule has 8 heterocycles. The number of nitrogens with one attached hydrogen (secondary N) is 8. The van der Waals surface area contributed by atoms with Gasteiger partial charge in [-0.15, -0.1) is 0 Å². The highest BCUT2D eigenvalue weighted by molar-refractivity contribution is 9.10. The number of aromatic nitrogens is 4. The number of nitrogens with zero attached hydrogens (tertiary/aromatic N) is 12. The number of halogens is 4. The highest BCUT2D eigenvalue weighted by Gasteiger charge is 2.25. The maximum absolute atomic E-state index is 12.9. The lowest BCUT2D eigenvalue weighted by atomic mass is 10.1. The molecule has 8 N–H and O–H groups in total. The van der Waals surface area contributed by atoms with Gasteiger partial charge in [0, 0.05) is 128 Å². The summed E-state index contributed by atoms with van der Waals surface area (Å²) in [7, 11) is 7.98. The lowest BCUT2D eigenvalue weighted by molar-refractivity contribution is 0.101. The van der Waals surface area contributed by atoms with E-state index in [9.17, 15) is 38.4 Å². The maximum atomic E-state index is 12.9. The number of hydrogen-bond acceptors (Lipinski definition) is 20. The summed E-state index contributed by atoms with van der Waals surface area (Å²) in [5.74, 6) is 2.50. The quantitative estimate of drug-likeness (QED) is 0.0351. The first-order valence-corrected chi connectivity index (χ1v) is 41.6. The van der Waals surface area contributed by atoms with Crippen LogP contribution >= 0.6 is 50.7 Å². The second kappa shape index (κ2) is 44.3. The number of benzene rings is 8. The molecule has 8 amide bonds. The van der Waals surface area contributed by atoms with Crippen LogP contribution < -0.4 is 42.5 Å². The topological polar surface area (TPSA) is 347 Å². The molecule has 28 nitrogen and oxygen atoms in total. The minimum atomic E-state index is -0.386. The summed E-state index contributed by atoms with van der Waals surface area (Å²) in [5.41, 5.74) is 10.6. The van der Waals surface area contributed by atoms with Crippen molar-refractivity contribution in [1.82, 2.24) is 39.5 Å². The number of aliphatic imine (C=N–C) groups is 4. The van der Waals surface area contributed by atoms with Gasteiger partial charge in [0.05, 0.1) is 86.3 Å². The molecule has 12 aromatic rings. The number of pyridine rings is 4. The molecule has 4 aliphatic rings. The second-order valence-corrected chi connectivity index (χ2v) is 31.3. The molecule has 652 valence electrons. The molecule has 128 heavy (non-hydrogen) atoms. The standard InChI is InChI=1S/2C24H22ClN5O2.C23H20BrN5O2.C23H20ClN5O2.2CH4/c2*1-15-3-9-20(19(13-15)24(32)29-21-10-8-18(25)14-27-21)28-23(31)17-6-4-16(5-7-17)22-26-11-12-30(22)2;2*1-29-13-12-25-21(29)15-6-8-16(9-7-15)22(30)27-19-5-3-2-4-18(19)23(31)28-20-11-10-17(24)14-26-20;;/h2*3-10,13-14H,11-12H2,1-2H3,(H,28,31)(H,27,29,32);2*2-11,14H,12-13H2,1H3,(H,27,30)(H,26,28,31);2*1H4. The van der Waals surface area contributed by atoms with Crippen molar-refractivity contribution in [3.8, 4) is 0 Å². The number of hydrogen-bond donors (Lipinski definition) is 8. The molecule has 16 rings (SSSR count). The van der Waals surface area contributed by atoms with Gasteiger partial charge in [-0.2, -0.15) is 0 Å². The van der Waals surface area contributed by atoms with Gasteiger partial charge in [0.1, 0.15) is 46.6 Å². The Labute approximate surface area is 764 Å². The first kappa shape index (κ1) is 94.0. The zero-order valence-electron chi connectivity index (χ0n) is 69.0. The van der Waals surface area contributed by atoms with Gasteiger partial charge in [0.2, 0.25) is 0 Å². The van der Waals surface area contributed by atoms with Crippen LogP contribution in [0.2, 0.25) is 15.1 Å². The van der Waals surface area contributed by atoms with Crippen LogP contribution in [0.3, 0.4) is 0 Å². The molecular weight excluding hydrogens is 1750 g/mol. The molecule has 0 saturated heterocycles. The first-order valence-electron chi connectivity index (χ1n) is 39.6. The number of anilines is 8. The summed E-state index contributed by atoms with van der Waals surface area (Å²) < 4.78 is 0.816. The number of carbonyl (C=O) groups is 8. The number of aryl methyl sites for hydroxylation is 2. The van der Waals surface area contributed by atoms with Crippen molar-refractivity contribution < 1.29 is 38.4 Å². The average molecular weight is 1840 g/mol. The first-order chi connectivity index (χ1) is 60.8. The fraction of sp³-hybridized carbons (Fsp3) is 0.167. The Balaban J connectivity index is 0.000000164. The minimum absolute atomic E-state index is 0. The summed E-state index contributed by atoms with van der Waals surface area (Å²) in [6.07, 6.45) is 5.95. The van der Waals surface area contributed by atoms with E-state index in [0.717, 1.165) is 114 Å². The summed E-state index contributed by atoms with van der Waals surface area (Å²) >= 11 is 20.8. The molecule has 0 radical (unpaired) electrons. The van der Waals surface area contributed by atoms with Crippen LogP contribution in [-0.2, 0) is 0 Å². The minimum Gasteiger partial charge on any atom is -0.358 e. The largest absolute Gasteiger partial charge is 0.358 e. The van der Waals surface area contributed by atoms with Crippen LogP contribution in [0, 0.1) is 13.8 Å². The van der Waals surface area contributed by atoms with Gasteiger partial charge in [-0.25, -0.2) is 19.9 Å². The highest BCUT2D eigenvalue weighted by atomic mass is 79.9. The van der Waals surface area contributed by atoms with E-state index in [2.05, 4.69) is 118 Å². The molecule has 0 unspecified atom stereocenters. The van der Waals surface area contributed by atoms with Crippen LogP contribution in [-0.4, -0.2) is 191 Å². The number of rotatable bonds is 20. The van der Waals surface area contributed by atoms with Crippen LogP contribution in [0.25, 0.3) is 0 Å². The predicted molar refractivity (Wildman–Crippen MR) is 514 cm³/mol. The zero-order valence-corrected chi connectivity index (χ0v) is 72.9. The Kier molecular flexibility index (Phi) is 32.5. The number of para-hydroxylation sites is 2. The maximum Gasteiger partial charge on any atom is 0.258 e. The molecule has 0 bridgehead atoms. The van der Waals surface area contributed by atoms with Crippen molar-refractivity contribution in [3.05, 3.63) is 353 Å². The molecule has 0 aliphatic carbocycles. The molecule has 8 aromatic carbocycles. The van der Waals surface area contributed by atoms with E-state index in [0.29, 0.717) is 106 Å². The normalized spacial score (nSPS) is 12.8. The van der Waals surface area contributed by atoms with Crippen molar-refractivity contribution in [3.63, 3.8) is 0 Å². The number of amidine groups is 4. The molecule has 0 atom stereocenters. The Morgan fingerprint density at radius 3 is 0.781 bits per heavy atom. The van der Waals surface area contributed by atoms with Crippen molar-refractivity contribution in [2.45, 2.75) is 28.7 Å². The Bertz CT molecular complexity index is 5800. The fourth-order valence-corrected chi connectivity index (χ4v) is 13.8. The van der Waals surface area contributed by atoms with Crippen LogP contribution in [0.5, 0.6) is 0 Å². The number of carbonyl (C=O) groups excluding carboxylic acids is 8. The SMILES string of the molecule is C.C.CN1CCN=C1c1ccc(C(=O)Nc2ccccc2C(=O)Nc2ccc(Br)cn2)cc1.CN1CCN=C1c1ccc(C(=O)Nc2ccccc2C(=O)Nc2ccc(Cl)cn2)cc1.Cc1ccc(NC(=O)c2ccc(C3=NCCN3C)cc2)c(C(=O)Nc2ccc(Cl)cn2)c1.Cc1ccc(NC(=O)c2ccc(C3=NCCN3C)cc2)c(C(=O)Nc2ccc(Cl)cn2)c1. The lowest BCUT2D eigenvalue weighted by Crippen LogP contribution is -2.23. The summed E-state index contributed by atoms with van der Waals surface area (Å²) in [4.78, 5) is 145. The number of likely N-dealkylation sites (N-methyl/N-ethyl adjacent to an activating group) is 4. The smallest absolute Gasteiger partial charge is 0.258 e. The van der Waals surface area contributed by atoms with E-state index in [-0.39, 0.29) is 62.1 Å². The molecule has 0 spiro atoms. The van der Waals surface area contributed by atoms with Crippen LogP contribution in [0.4, 0.5) is 46.0 Å². The Morgan fingerprint density at radius 2 is 0.539 bits per heavy atom. The van der Waals surface area contributed by atoms with Crippen molar-refractivity contribution >= 4 is 167 Å². The zero-order chi connectivity index (χ0) is 88.9. The lowest BCUT2D eigenvalue weighted by Gasteiger charge is -2.14. The molecule has 32 heteroatoms. The van der Waals surface area contributed by atoms with Gasteiger partial charge in [0.25, 0.3) is 47.3 Å². The van der Waals surface area contributed by atoms with E-state index < -0.39 is 0 Å². The fourth-order valence-electron chi connectivity index (χ4n) is 13.3. The van der Waals surface area contributed by atoms with Crippen molar-refractivity contribution in [2.24, 2.45) is 20.0 Å². The molecule has 0 fully saturated rings. The predicted octanol–water partition coefficient (Wildman–Crippen LogP) is 17.7. The van der Waals surface area contributed by atoms with Gasteiger partial charge >= 0.3 is 0 Å². The van der Waals surface area contributed by atoms with E-state index in [1.54, 1.807) is 176 Å². The molecule has 4 aliphatic heterocycles. The van der Waals surface area contributed by atoms with E-state index in [1.807, 2.05) is 103 Å². The number of amides is 8. The van der Waals surface area contributed by atoms with E-state index >= 15 is 0 Å². The third-order valence-corrected chi connectivity index (χ3v) is 21.0. The summed E-state index contributed by atoms with van der Waals surface area (Å²) in [6.45, 7) is 10.4. The second-order valence-electron chi connectivity index (χ2n) is 29.1. The van der Waals surface area contributed by atoms with Crippen molar-refractivity contribution in [2.75, 3.05) is 123 Å². The average Bonchev–Trinajstić information content (AvgIpc) is 1.16. The van der Waals surface area contributed by atoms with Gasteiger partial charge < -0.3 is 62.1 Å². The van der Waals surface area contributed by atoms with Gasteiger partial charge in [-0.05, 0) is 175 Å². The third-order valence-electron chi connectivity index (χ3n) is 19.9. The molecule has 0 saturated carbocycles. The summed E-state index contributed by atoms with van der Waals surface area (Å²) in [6, 6.07) is 66.5. The van der Waals surface area contributed by atoms with E-state index in [1.165, 1.54) is 18.6 Å². The van der Waals surface area contributed by atoms with Crippen LogP contribution in [0.1, 0.15) is 131 Å². The van der Waals surface area contributed by atoms with Crippen molar-refractivity contribution in [1.29, 1.82) is 0 Å². The van der Waals surface area contributed by atoms with Gasteiger partial charge in [-0.3, -0.25) is 58.3 Å². The molecule has 4 aromatic heterocycles. The third kappa shape index (κ3) is 24.9. The van der Waals surface area contributed by atoms with Crippen LogP contribution in [0.15, 0.2) is 280 Å². The van der Waals surface area contributed by atoms with E-state index in [4.69, 9.17) is 34.8 Å². The van der Waals surface area contributed by atoms with Gasteiger partial charge in [-0.1, -0.05) is 146 Å². The monoisotopic (exact) mass is 1840 g/mol.